The molecular formula is C18H27N3O4. The molecule has 0 spiro atoms. The molecule has 2 rings (SSSR count). The van der Waals surface area contributed by atoms with Gasteiger partial charge in [0.25, 0.3) is 0 Å². The number of aliphatic carboxylic acids is 1. The minimum Gasteiger partial charge on any atom is -0.496 e. The van der Waals surface area contributed by atoms with Crippen LogP contribution in [0.3, 0.4) is 0 Å². The number of pyridine rings is 1. The molecule has 7 heteroatoms. The summed E-state index contributed by atoms with van der Waals surface area (Å²) >= 11 is 0. The Morgan fingerprint density at radius 1 is 1.32 bits per heavy atom. The highest BCUT2D eigenvalue weighted by atomic mass is 16.5. The quantitative estimate of drug-likeness (QED) is 0.852. The van der Waals surface area contributed by atoms with Crippen molar-refractivity contribution in [3.8, 4) is 5.75 Å². The molecule has 0 aliphatic heterocycles. The number of urea groups is 1. The number of amides is 2. The van der Waals surface area contributed by atoms with E-state index in [4.69, 9.17) is 9.84 Å². The predicted molar refractivity (Wildman–Crippen MR) is 93.6 cm³/mol. The van der Waals surface area contributed by atoms with E-state index in [1.165, 1.54) is 0 Å². The fourth-order valence-corrected chi connectivity index (χ4v) is 3.30. The molecule has 1 aromatic rings. The van der Waals surface area contributed by atoms with Crippen molar-refractivity contribution in [1.29, 1.82) is 0 Å². The number of nitrogens with zero attached hydrogens (tertiary/aromatic N) is 2. The Labute approximate surface area is 148 Å². The van der Waals surface area contributed by atoms with Crippen LogP contribution < -0.4 is 10.1 Å². The van der Waals surface area contributed by atoms with Gasteiger partial charge < -0.3 is 20.1 Å². The van der Waals surface area contributed by atoms with Crippen molar-refractivity contribution in [3.63, 3.8) is 0 Å². The van der Waals surface area contributed by atoms with Crippen molar-refractivity contribution in [3.05, 3.63) is 23.0 Å². The zero-order valence-electron chi connectivity index (χ0n) is 15.3. The van der Waals surface area contributed by atoms with Crippen LogP contribution in [0.15, 0.2) is 6.20 Å². The van der Waals surface area contributed by atoms with Gasteiger partial charge in [0.1, 0.15) is 5.75 Å². The van der Waals surface area contributed by atoms with E-state index in [0.29, 0.717) is 32.2 Å². The van der Waals surface area contributed by atoms with Gasteiger partial charge in [-0.15, -0.1) is 0 Å². The second kappa shape index (κ2) is 8.18. The summed E-state index contributed by atoms with van der Waals surface area (Å²) in [4.78, 5) is 29.4. The van der Waals surface area contributed by atoms with Crippen molar-refractivity contribution < 1.29 is 19.4 Å². The van der Waals surface area contributed by atoms with Crippen LogP contribution in [-0.4, -0.2) is 47.2 Å². The second-order valence-electron chi connectivity index (χ2n) is 6.74. The van der Waals surface area contributed by atoms with Crippen molar-refractivity contribution in [1.82, 2.24) is 15.2 Å². The molecule has 0 aromatic carbocycles. The average Bonchev–Trinajstić information content (AvgIpc) is 2.58. The predicted octanol–water partition coefficient (Wildman–Crippen LogP) is 2.49. The number of nitrogens with one attached hydrogen (secondary N) is 1. The van der Waals surface area contributed by atoms with Gasteiger partial charge in [-0.05, 0) is 39.5 Å². The lowest BCUT2D eigenvalue weighted by Gasteiger charge is -2.29. The molecular weight excluding hydrogens is 322 g/mol. The maximum absolute atomic E-state index is 12.4. The third-order valence-corrected chi connectivity index (χ3v) is 4.89. The smallest absolute Gasteiger partial charge is 0.317 e. The van der Waals surface area contributed by atoms with Crippen molar-refractivity contribution in [2.24, 2.45) is 5.92 Å². The van der Waals surface area contributed by atoms with Crippen LogP contribution in [0.1, 0.15) is 42.5 Å². The van der Waals surface area contributed by atoms with Crippen LogP contribution in [0, 0.1) is 19.8 Å². The van der Waals surface area contributed by atoms with E-state index < -0.39 is 5.97 Å². The highest BCUT2D eigenvalue weighted by Crippen LogP contribution is 2.26. The molecule has 1 aliphatic carbocycles. The number of carboxylic acids is 1. The van der Waals surface area contributed by atoms with E-state index in [1.807, 2.05) is 13.8 Å². The first-order chi connectivity index (χ1) is 11.8. The Balaban J connectivity index is 1.92. The molecule has 1 fully saturated rings. The maximum Gasteiger partial charge on any atom is 0.317 e. The summed E-state index contributed by atoms with van der Waals surface area (Å²) in [6.45, 7) is 4.26. The van der Waals surface area contributed by atoms with Gasteiger partial charge in [-0.3, -0.25) is 9.78 Å². The Morgan fingerprint density at radius 2 is 1.96 bits per heavy atom. The van der Waals surface area contributed by atoms with E-state index in [0.717, 1.165) is 22.6 Å². The van der Waals surface area contributed by atoms with Gasteiger partial charge in [-0.25, -0.2) is 4.79 Å². The van der Waals surface area contributed by atoms with E-state index >= 15 is 0 Å². The third kappa shape index (κ3) is 4.61. The highest BCUT2D eigenvalue weighted by molar-refractivity contribution is 5.74. The summed E-state index contributed by atoms with van der Waals surface area (Å²) in [5.74, 6) is -0.222. The number of aromatic nitrogens is 1. The molecule has 0 atom stereocenters. The number of carbonyl (C=O) groups excluding carboxylic acids is 1. The fraction of sp³-hybridized carbons (Fsp3) is 0.611. The van der Waals surface area contributed by atoms with Gasteiger partial charge >= 0.3 is 12.0 Å². The van der Waals surface area contributed by atoms with Crippen LogP contribution >= 0.6 is 0 Å². The molecule has 1 aliphatic rings. The van der Waals surface area contributed by atoms with Gasteiger partial charge in [0, 0.05) is 30.4 Å². The number of rotatable bonds is 5. The largest absolute Gasteiger partial charge is 0.496 e. The summed E-state index contributed by atoms with van der Waals surface area (Å²) in [6.07, 6.45) is 4.37. The summed E-state index contributed by atoms with van der Waals surface area (Å²) in [5, 5.41) is 12.0. The molecule has 0 radical (unpaired) electrons. The zero-order valence-corrected chi connectivity index (χ0v) is 15.3. The molecule has 138 valence electrons. The maximum atomic E-state index is 12.4. The number of carbonyl (C=O) groups is 2. The van der Waals surface area contributed by atoms with Crippen molar-refractivity contribution >= 4 is 12.0 Å². The number of ether oxygens (including phenoxy) is 1. The van der Waals surface area contributed by atoms with Gasteiger partial charge in [0.15, 0.2) is 0 Å². The lowest BCUT2D eigenvalue weighted by Crippen LogP contribution is -2.44. The Morgan fingerprint density at radius 3 is 2.52 bits per heavy atom. The Kier molecular flexibility index (Phi) is 6.22. The zero-order chi connectivity index (χ0) is 18.6. The topological polar surface area (TPSA) is 91.8 Å². The number of hydrogen-bond acceptors (Lipinski definition) is 4. The highest BCUT2D eigenvalue weighted by Gasteiger charge is 2.27. The van der Waals surface area contributed by atoms with Gasteiger partial charge in [-0.1, -0.05) is 0 Å². The van der Waals surface area contributed by atoms with E-state index in [2.05, 4.69) is 10.3 Å². The Bertz CT molecular complexity index is 639. The lowest BCUT2D eigenvalue weighted by molar-refractivity contribution is -0.142. The van der Waals surface area contributed by atoms with Crippen molar-refractivity contribution in [2.75, 3.05) is 14.2 Å². The molecule has 2 N–H and O–H groups in total. The first kappa shape index (κ1) is 19.0. The van der Waals surface area contributed by atoms with Crippen LogP contribution in [0.5, 0.6) is 5.75 Å². The van der Waals surface area contributed by atoms with Crippen LogP contribution in [-0.2, 0) is 11.3 Å². The minimum absolute atomic E-state index is 0.0344. The SMILES string of the molecule is COc1c(C)cnc(CN(C)C(=O)NC2CCC(C(=O)O)CC2)c1C. The van der Waals surface area contributed by atoms with Gasteiger partial charge in [0.2, 0.25) is 0 Å². The minimum atomic E-state index is -0.739. The van der Waals surface area contributed by atoms with E-state index in [9.17, 15) is 9.59 Å². The molecule has 7 nitrogen and oxygen atoms in total. The monoisotopic (exact) mass is 349 g/mol. The van der Waals surface area contributed by atoms with Gasteiger partial charge in [0.05, 0.1) is 25.3 Å². The molecule has 1 heterocycles. The van der Waals surface area contributed by atoms with Crippen LogP contribution in [0.4, 0.5) is 4.79 Å². The fourth-order valence-electron chi connectivity index (χ4n) is 3.30. The van der Waals surface area contributed by atoms with Gasteiger partial charge in [-0.2, -0.15) is 0 Å². The number of carboxylic acid groups (broad SMARTS) is 1. The van der Waals surface area contributed by atoms with E-state index in [-0.39, 0.29) is 18.0 Å². The first-order valence-corrected chi connectivity index (χ1v) is 8.57. The van der Waals surface area contributed by atoms with Crippen molar-refractivity contribution in [2.45, 2.75) is 52.1 Å². The summed E-state index contributed by atoms with van der Waals surface area (Å²) in [5.41, 5.74) is 2.70. The summed E-state index contributed by atoms with van der Waals surface area (Å²) < 4.78 is 5.40. The molecule has 25 heavy (non-hydrogen) atoms. The molecule has 0 bridgehead atoms. The normalized spacial score (nSPS) is 20.0. The molecule has 2 amide bonds. The van der Waals surface area contributed by atoms with Crippen LogP contribution in [0.2, 0.25) is 0 Å². The van der Waals surface area contributed by atoms with E-state index in [1.54, 1.807) is 25.3 Å². The van der Waals surface area contributed by atoms with Crippen LogP contribution in [0.25, 0.3) is 0 Å². The summed E-state index contributed by atoms with van der Waals surface area (Å²) in [7, 11) is 3.36. The third-order valence-electron chi connectivity index (χ3n) is 4.89. The lowest BCUT2D eigenvalue weighted by atomic mass is 9.86. The number of hydrogen-bond donors (Lipinski definition) is 2. The standard InChI is InChI=1S/C18H27N3O4/c1-11-9-19-15(12(2)16(11)25-4)10-21(3)18(24)20-14-7-5-13(6-8-14)17(22)23/h9,13-14H,5-8,10H2,1-4H3,(H,20,24)(H,22,23). The molecule has 1 aromatic heterocycles. The number of methoxy groups -OCH3 is 1. The number of aryl methyl sites for hydroxylation is 1. The second-order valence-corrected chi connectivity index (χ2v) is 6.74. The average molecular weight is 349 g/mol. The Hall–Kier alpha value is -2.31. The first-order valence-electron chi connectivity index (χ1n) is 8.57. The molecule has 0 unspecified atom stereocenters. The summed E-state index contributed by atoms with van der Waals surface area (Å²) in [6, 6.07) is -0.133. The molecule has 0 saturated heterocycles. The molecule has 1 saturated carbocycles.